The second-order valence-corrected chi connectivity index (χ2v) is 2.24. The molecule has 0 bridgehead atoms. The highest BCUT2D eigenvalue weighted by atomic mass is 16.4. The Morgan fingerprint density at radius 2 is 2.58 bits per heavy atom. The van der Waals surface area contributed by atoms with Gasteiger partial charge in [0.1, 0.15) is 0 Å². The van der Waals surface area contributed by atoms with Crippen LogP contribution in [0.15, 0.2) is 18.3 Å². The van der Waals surface area contributed by atoms with Crippen molar-refractivity contribution in [2.75, 3.05) is 0 Å². The van der Waals surface area contributed by atoms with Gasteiger partial charge in [0, 0.05) is 18.8 Å². The molecule has 0 unspecified atom stereocenters. The minimum Gasteiger partial charge on any atom is -0.478 e. The molecule has 0 aromatic carbocycles. The molecule has 0 radical (unpaired) electrons. The van der Waals surface area contributed by atoms with Crippen LogP contribution < -0.4 is 0 Å². The van der Waals surface area contributed by atoms with Gasteiger partial charge in [-0.05, 0) is 19.1 Å². The van der Waals surface area contributed by atoms with Crippen LogP contribution in [0.4, 0.5) is 0 Å². The van der Waals surface area contributed by atoms with Crippen LogP contribution in [0.25, 0.3) is 6.08 Å². The smallest absolute Gasteiger partial charge is 0.328 e. The molecule has 0 fully saturated rings. The topological polar surface area (TPSA) is 55.1 Å². The molecule has 1 aromatic heterocycles. The zero-order valence-corrected chi connectivity index (χ0v) is 6.77. The summed E-state index contributed by atoms with van der Waals surface area (Å²) in [5.74, 6) is -0.946. The summed E-state index contributed by atoms with van der Waals surface area (Å²) < 4.78 is 1.72. The van der Waals surface area contributed by atoms with E-state index in [1.54, 1.807) is 16.9 Å². The SMILES string of the molecule is CCn1nccc1/C=C/C(=O)O. The lowest BCUT2D eigenvalue weighted by Crippen LogP contribution is -1.98. The van der Waals surface area contributed by atoms with Gasteiger partial charge in [-0.15, -0.1) is 0 Å². The number of hydrogen-bond acceptors (Lipinski definition) is 2. The van der Waals surface area contributed by atoms with Gasteiger partial charge in [0.15, 0.2) is 0 Å². The number of aryl methyl sites for hydroxylation is 1. The molecular weight excluding hydrogens is 156 g/mol. The van der Waals surface area contributed by atoms with Crippen LogP contribution in [0.1, 0.15) is 12.6 Å². The molecule has 0 saturated carbocycles. The summed E-state index contributed by atoms with van der Waals surface area (Å²) >= 11 is 0. The van der Waals surface area contributed by atoms with Gasteiger partial charge in [0.2, 0.25) is 0 Å². The number of nitrogens with zero attached hydrogens (tertiary/aromatic N) is 2. The summed E-state index contributed by atoms with van der Waals surface area (Å²) in [6, 6.07) is 1.77. The number of aliphatic carboxylic acids is 1. The number of rotatable bonds is 3. The number of carboxylic acids is 1. The van der Waals surface area contributed by atoms with Crippen LogP contribution in [0, 0.1) is 0 Å². The first-order valence-corrected chi connectivity index (χ1v) is 3.67. The molecule has 1 N–H and O–H groups in total. The molecule has 0 aliphatic rings. The third-order valence-corrected chi connectivity index (χ3v) is 1.45. The normalized spacial score (nSPS) is 10.8. The summed E-state index contributed by atoms with van der Waals surface area (Å²) in [4.78, 5) is 10.2. The Labute approximate surface area is 70.1 Å². The monoisotopic (exact) mass is 166 g/mol. The van der Waals surface area contributed by atoms with Crippen LogP contribution in [0.5, 0.6) is 0 Å². The summed E-state index contributed by atoms with van der Waals surface area (Å²) in [6.07, 6.45) is 4.27. The lowest BCUT2D eigenvalue weighted by Gasteiger charge is -1.97. The minimum atomic E-state index is -0.946. The highest BCUT2D eigenvalue weighted by Gasteiger charge is 1.95. The van der Waals surface area contributed by atoms with Gasteiger partial charge in [0.25, 0.3) is 0 Å². The quantitative estimate of drug-likeness (QED) is 0.681. The van der Waals surface area contributed by atoms with Crippen molar-refractivity contribution in [1.82, 2.24) is 9.78 Å². The molecule has 0 saturated heterocycles. The van der Waals surface area contributed by atoms with Gasteiger partial charge in [-0.25, -0.2) is 4.79 Å². The van der Waals surface area contributed by atoms with Crippen molar-refractivity contribution < 1.29 is 9.90 Å². The number of carboxylic acid groups (broad SMARTS) is 1. The van der Waals surface area contributed by atoms with Gasteiger partial charge < -0.3 is 5.11 Å². The Kier molecular flexibility index (Phi) is 2.63. The molecule has 1 aromatic rings. The standard InChI is InChI=1S/C8H10N2O2/c1-2-10-7(5-6-9-10)3-4-8(11)12/h3-6H,2H2,1H3,(H,11,12)/b4-3+. The van der Waals surface area contributed by atoms with Crippen molar-refractivity contribution in [1.29, 1.82) is 0 Å². The van der Waals surface area contributed by atoms with E-state index in [2.05, 4.69) is 5.10 Å². The summed E-state index contributed by atoms with van der Waals surface area (Å²) in [5, 5.41) is 12.3. The van der Waals surface area contributed by atoms with Gasteiger partial charge in [-0.2, -0.15) is 5.10 Å². The van der Waals surface area contributed by atoms with Crippen molar-refractivity contribution in [3.8, 4) is 0 Å². The van der Waals surface area contributed by atoms with E-state index >= 15 is 0 Å². The number of carbonyl (C=O) groups is 1. The number of aromatic nitrogens is 2. The van der Waals surface area contributed by atoms with Gasteiger partial charge in [-0.3, -0.25) is 4.68 Å². The van der Waals surface area contributed by atoms with Crippen LogP contribution in [0.3, 0.4) is 0 Å². The van der Waals surface area contributed by atoms with Gasteiger partial charge in [-0.1, -0.05) is 0 Å². The van der Waals surface area contributed by atoms with E-state index in [4.69, 9.17) is 5.11 Å². The minimum absolute atomic E-state index is 0.742. The first-order chi connectivity index (χ1) is 5.74. The molecule has 0 atom stereocenters. The molecule has 0 spiro atoms. The highest BCUT2D eigenvalue weighted by molar-refractivity contribution is 5.84. The molecule has 0 aliphatic carbocycles. The van der Waals surface area contributed by atoms with Crippen molar-refractivity contribution in [3.63, 3.8) is 0 Å². The predicted molar refractivity (Wildman–Crippen MR) is 44.6 cm³/mol. The lowest BCUT2D eigenvalue weighted by atomic mass is 10.4. The van der Waals surface area contributed by atoms with Crippen LogP contribution >= 0.6 is 0 Å². The van der Waals surface area contributed by atoms with Gasteiger partial charge in [0.05, 0.1) is 5.69 Å². The Bertz CT molecular complexity index is 302. The number of hydrogen-bond donors (Lipinski definition) is 1. The fraction of sp³-hybridized carbons (Fsp3) is 0.250. The van der Waals surface area contributed by atoms with E-state index < -0.39 is 5.97 Å². The fourth-order valence-corrected chi connectivity index (χ4v) is 0.905. The zero-order chi connectivity index (χ0) is 8.97. The Morgan fingerprint density at radius 1 is 1.83 bits per heavy atom. The molecular formula is C8H10N2O2. The fourth-order valence-electron chi connectivity index (χ4n) is 0.905. The molecule has 0 aliphatic heterocycles. The molecule has 0 amide bonds. The van der Waals surface area contributed by atoms with E-state index in [0.29, 0.717) is 0 Å². The third-order valence-electron chi connectivity index (χ3n) is 1.45. The molecule has 4 nitrogen and oxygen atoms in total. The van der Waals surface area contributed by atoms with Crippen molar-refractivity contribution in [2.24, 2.45) is 0 Å². The highest BCUT2D eigenvalue weighted by Crippen LogP contribution is 2.00. The largest absolute Gasteiger partial charge is 0.478 e. The maximum Gasteiger partial charge on any atom is 0.328 e. The molecule has 64 valence electrons. The molecule has 12 heavy (non-hydrogen) atoms. The molecule has 4 heteroatoms. The Hall–Kier alpha value is -1.58. The third kappa shape index (κ3) is 1.95. The van der Waals surface area contributed by atoms with Gasteiger partial charge >= 0.3 is 5.97 Å². The van der Waals surface area contributed by atoms with Crippen molar-refractivity contribution in [3.05, 3.63) is 24.0 Å². The van der Waals surface area contributed by atoms with Crippen molar-refractivity contribution >= 4 is 12.0 Å². The molecule has 1 rings (SSSR count). The lowest BCUT2D eigenvalue weighted by molar-refractivity contribution is -0.131. The summed E-state index contributed by atoms with van der Waals surface area (Å²) in [6.45, 7) is 2.69. The van der Waals surface area contributed by atoms with E-state index in [1.165, 1.54) is 6.08 Å². The maximum atomic E-state index is 10.2. The predicted octanol–water partition coefficient (Wildman–Crippen LogP) is 1.00. The first kappa shape index (κ1) is 8.52. The first-order valence-electron chi connectivity index (χ1n) is 3.67. The van der Waals surface area contributed by atoms with Crippen molar-refractivity contribution in [2.45, 2.75) is 13.5 Å². The second-order valence-electron chi connectivity index (χ2n) is 2.24. The Morgan fingerprint density at radius 3 is 3.17 bits per heavy atom. The average molecular weight is 166 g/mol. The molecule has 1 heterocycles. The van der Waals surface area contributed by atoms with Crippen LogP contribution in [0.2, 0.25) is 0 Å². The van der Waals surface area contributed by atoms with E-state index in [9.17, 15) is 4.79 Å². The van der Waals surface area contributed by atoms with Crippen LogP contribution in [-0.2, 0) is 11.3 Å². The summed E-state index contributed by atoms with van der Waals surface area (Å²) in [7, 11) is 0. The summed E-state index contributed by atoms with van der Waals surface area (Å²) in [5.41, 5.74) is 0.805. The Balaban J connectivity index is 2.81. The van der Waals surface area contributed by atoms with E-state index in [-0.39, 0.29) is 0 Å². The van der Waals surface area contributed by atoms with E-state index in [1.807, 2.05) is 6.92 Å². The maximum absolute atomic E-state index is 10.2. The second kappa shape index (κ2) is 3.71. The van der Waals surface area contributed by atoms with Crippen LogP contribution in [-0.4, -0.2) is 20.9 Å². The van der Waals surface area contributed by atoms with E-state index in [0.717, 1.165) is 18.3 Å². The average Bonchev–Trinajstić information content (AvgIpc) is 2.47. The zero-order valence-electron chi connectivity index (χ0n) is 6.77.